The van der Waals surface area contributed by atoms with Crippen molar-refractivity contribution in [2.45, 2.75) is 37.0 Å². The van der Waals surface area contributed by atoms with E-state index in [1.54, 1.807) is 36.4 Å². The zero-order valence-corrected chi connectivity index (χ0v) is 19.6. The summed E-state index contributed by atoms with van der Waals surface area (Å²) in [5.74, 6) is -0.934. The second-order valence-corrected chi connectivity index (χ2v) is 9.53. The predicted molar refractivity (Wildman–Crippen MR) is 133 cm³/mol. The standard InChI is InChI=1S/C25H28N4O4S/c30-20(17-8-3-1-4-9-17)16-26-23(32)18-10-7-11-19(14-18)27-22(31)15-21-24(33)28-25(34-21)29-12-5-2-6-13-29/h1,3-4,7-11,14,20-21,30H,2,5-6,12-13,15-16H2,(H,26,32)(H,27,31)/t20-,21+/m0/s1. The summed E-state index contributed by atoms with van der Waals surface area (Å²) in [7, 11) is 0. The Morgan fingerprint density at radius 1 is 1.09 bits per heavy atom. The van der Waals surface area contributed by atoms with E-state index in [9.17, 15) is 19.5 Å². The average molecular weight is 481 g/mol. The van der Waals surface area contributed by atoms with Crippen molar-refractivity contribution in [1.29, 1.82) is 0 Å². The molecule has 0 aromatic heterocycles. The number of nitrogens with one attached hydrogen (secondary N) is 2. The summed E-state index contributed by atoms with van der Waals surface area (Å²) >= 11 is 1.36. The quantitative estimate of drug-likeness (QED) is 0.562. The van der Waals surface area contributed by atoms with E-state index in [1.165, 1.54) is 18.2 Å². The van der Waals surface area contributed by atoms with Crippen LogP contribution in [0.25, 0.3) is 0 Å². The van der Waals surface area contributed by atoms with Gasteiger partial charge in [-0.05, 0) is 43.0 Å². The zero-order chi connectivity index (χ0) is 23.9. The fraction of sp³-hybridized carbons (Fsp3) is 0.360. The number of nitrogens with zero attached hydrogens (tertiary/aromatic N) is 2. The number of likely N-dealkylation sites (tertiary alicyclic amines) is 1. The van der Waals surface area contributed by atoms with E-state index >= 15 is 0 Å². The van der Waals surface area contributed by atoms with Crippen LogP contribution in [0.2, 0.25) is 0 Å². The van der Waals surface area contributed by atoms with Gasteiger partial charge in [-0.2, -0.15) is 4.99 Å². The number of aliphatic hydroxyl groups is 1. The summed E-state index contributed by atoms with van der Waals surface area (Å²) in [5.41, 5.74) is 1.55. The lowest BCUT2D eigenvalue weighted by Crippen LogP contribution is -2.33. The first-order valence-corrected chi connectivity index (χ1v) is 12.3. The number of thioether (sulfide) groups is 1. The Bertz CT molecular complexity index is 1070. The average Bonchev–Trinajstić information content (AvgIpc) is 3.23. The Balaban J connectivity index is 1.27. The number of aliphatic hydroxyl groups excluding tert-OH is 1. The molecule has 8 nitrogen and oxygen atoms in total. The molecule has 3 N–H and O–H groups in total. The number of benzene rings is 2. The molecule has 9 heteroatoms. The molecule has 2 aromatic carbocycles. The molecular formula is C25H28N4O4S. The van der Waals surface area contributed by atoms with Gasteiger partial charge in [-0.15, -0.1) is 0 Å². The van der Waals surface area contributed by atoms with Crippen molar-refractivity contribution in [3.8, 4) is 0 Å². The summed E-state index contributed by atoms with van der Waals surface area (Å²) in [4.78, 5) is 43.7. The van der Waals surface area contributed by atoms with E-state index in [0.717, 1.165) is 36.7 Å². The van der Waals surface area contributed by atoms with Crippen LogP contribution in [0.4, 0.5) is 5.69 Å². The Kier molecular flexibility index (Phi) is 7.97. The number of carbonyl (C=O) groups excluding carboxylic acids is 3. The van der Waals surface area contributed by atoms with Crippen LogP contribution >= 0.6 is 11.8 Å². The van der Waals surface area contributed by atoms with Gasteiger partial charge in [0.2, 0.25) is 5.91 Å². The van der Waals surface area contributed by atoms with E-state index in [4.69, 9.17) is 0 Å². The van der Waals surface area contributed by atoms with Gasteiger partial charge >= 0.3 is 0 Å². The Morgan fingerprint density at radius 3 is 2.62 bits per heavy atom. The van der Waals surface area contributed by atoms with E-state index in [1.807, 2.05) is 18.2 Å². The maximum Gasteiger partial charge on any atom is 0.262 e. The molecule has 2 aliphatic heterocycles. The Hall–Kier alpha value is -3.17. The molecule has 0 aliphatic carbocycles. The van der Waals surface area contributed by atoms with Crippen LogP contribution in [-0.2, 0) is 9.59 Å². The van der Waals surface area contributed by atoms with E-state index in [0.29, 0.717) is 11.3 Å². The van der Waals surface area contributed by atoms with Crippen LogP contribution in [-0.4, -0.2) is 57.8 Å². The molecule has 0 bridgehead atoms. The SMILES string of the molecule is O=C(C[C@H]1SC(N2CCCCC2)=NC1=O)Nc1cccc(C(=O)NC[C@H](O)c2ccccc2)c1. The fourth-order valence-corrected chi connectivity index (χ4v) is 5.05. The second-order valence-electron chi connectivity index (χ2n) is 8.36. The van der Waals surface area contributed by atoms with Crippen molar-refractivity contribution in [1.82, 2.24) is 10.2 Å². The number of anilines is 1. The van der Waals surface area contributed by atoms with Gasteiger partial charge in [0.1, 0.15) is 5.25 Å². The lowest BCUT2D eigenvalue weighted by Gasteiger charge is -2.27. The molecule has 2 aromatic rings. The maximum absolute atomic E-state index is 12.6. The van der Waals surface area contributed by atoms with Crippen LogP contribution in [0.3, 0.4) is 0 Å². The third kappa shape index (κ3) is 6.24. The highest BCUT2D eigenvalue weighted by atomic mass is 32.2. The predicted octanol–water partition coefficient (Wildman–Crippen LogP) is 2.96. The van der Waals surface area contributed by atoms with E-state index in [-0.39, 0.29) is 30.7 Å². The summed E-state index contributed by atoms with van der Waals surface area (Å²) in [5, 5.41) is 15.9. The molecule has 0 spiro atoms. The van der Waals surface area contributed by atoms with Crippen molar-refractivity contribution in [2.75, 3.05) is 25.0 Å². The Morgan fingerprint density at radius 2 is 1.85 bits per heavy atom. The minimum Gasteiger partial charge on any atom is -0.387 e. The van der Waals surface area contributed by atoms with Crippen LogP contribution in [0.15, 0.2) is 59.6 Å². The molecule has 1 saturated heterocycles. The normalized spacial score (nSPS) is 18.9. The highest BCUT2D eigenvalue weighted by Crippen LogP contribution is 2.29. The van der Waals surface area contributed by atoms with Crippen molar-refractivity contribution in [3.63, 3.8) is 0 Å². The van der Waals surface area contributed by atoms with Crippen molar-refractivity contribution in [3.05, 3.63) is 65.7 Å². The van der Waals surface area contributed by atoms with Crippen LogP contribution in [0.5, 0.6) is 0 Å². The summed E-state index contributed by atoms with van der Waals surface area (Å²) < 4.78 is 0. The number of amidine groups is 1. The number of piperidine rings is 1. The number of hydrogen-bond donors (Lipinski definition) is 3. The summed E-state index contributed by atoms with van der Waals surface area (Å²) in [6.07, 6.45) is 2.58. The van der Waals surface area contributed by atoms with Gasteiger partial charge in [0.15, 0.2) is 5.17 Å². The fourth-order valence-electron chi connectivity index (χ4n) is 3.93. The van der Waals surface area contributed by atoms with Crippen molar-refractivity contribution >= 4 is 40.3 Å². The number of rotatable bonds is 7. The summed E-state index contributed by atoms with van der Waals surface area (Å²) in [6.45, 7) is 1.87. The van der Waals surface area contributed by atoms with Crippen molar-refractivity contribution < 1.29 is 19.5 Å². The van der Waals surface area contributed by atoms with Gasteiger partial charge in [0, 0.05) is 37.3 Å². The molecule has 178 valence electrons. The van der Waals surface area contributed by atoms with Crippen LogP contribution < -0.4 is 10.6 Å². The van der Waals surface area contributed by atoms with Gasteiger partial charge in [0.05, 0.1) is 6.10 Å². The minimum absolute atomic E-state index is 0.0179. The zero-order valence-electron chi connectivity index (χ0n) is 18.8. The van der Waals surface area contributed by atoms with Crippen LogP contribution in [0.1, 0.15) is 47.7 Å². The van der Waals surface area contributed by atoms with Gasteiger partial charge in [-0.3, -0.25) is 14.4 Å². The molecule has 0 radical (unpaired) electrons. The molecule has 2 atom stereocenters. The smallest absolute Gasteiger partial charge is 0.262 e. The molecular weight excluding hydrogens is 452 g/mol. The minimum atomic E-state index is -0.813. The number of aliphatic imine (C=N–C) groups is 1. The molecule has 34 heavy (non-hydrogen) atoms. The first-order valence-electron chi connectivity index (χ1n) is 11.4. The highest BCUT2D eigenvalue weighted by molar-refractivity contribution is 8.15. The second kappa shape index (κ2) is 11.3. The van der Waals surface area contributed by atoms with Gasteiger partial charge in [0.25, 0.3) is 11.8 Å². The molecule has 1 fully saturated rings. The van der Waals surface area contributed by atoms with E-state index in [2.05, 4.69) is 20.5 Å². The first-order chi connectivity index (χ1) is 16.5. The van der Waals surface area contributed by atoms with Crippen molar-refractivity contribution in [2.24, 2.45) is 4.99 Å². The molecule has 3 amide bonds. The monoisotopic (exact) mass is 480 g/mol. The molecule has 4 rings (SSSR count). The number of carbonyl (C=O) groups is 3. The third-order valence-electron chi connectivity index (χ3n) is 5.78. The maximum atomic E-state index is 12.6. The molecule has 0 unspecified atom stereocenters. The Labute approximate surface area is 202 Å². The van der Waals surface area contributed by atoms with Gasteiger partial charge in [-0.25, -0.2) is 0 Å². The van der Waals surface area contributed by atoms with Gasteiger partial charge in [-0.1, -0.05) is 48.2 Å². The lowest BCUT2D eigenvalue weighted by atomic mass is 10.1. The lowest BCUT2D eigenvalue weighted by molar-refractivity contribution is -0.121. The molecule has 2 aliphatic rings. The largest absolute Gasteiger partial charge is 0.387 e. The molecule has 0 saturated carbocycles. The topological polar surface area (TPSA) is 111 Å². The first kappa shape index (κ1) is 24.0. The molecule has 2 heterocycles. The van der Waals surface area contributed by atoms with Crippen LogP contribution in [0, 0.1) is 0 Å². The number of amides is 3. The number of hydrogen-bond acceptors (Lipinski definition) is 6. The van der Waals surface area contributed by atoms with E-state index < -0.39 is 11.4 Å². The summed E-state index contributed by atoms with van der Waals surface area (Å²) in [6, 6.07) is 15.7. The highest BCUT2D eigenvalue weighted by Gasteiger charge is 2.33. The third-order valence-corrected chi connectivity index (χ3v) is 6.99. The van der Waals surface area contributed by atoms with Gasteiger partial charge < -0.3 is 20.6 Å².